The molecule has 0 saturated carbocycles. The van der Waals surface area contributed by atoms with Gasteiger partial charge in [-0.3, -0.25) is 0 Å². The molecule has 10 heteroatoms. The van der Waals surface area contributed by atoms with E-state index >= 15 is 0 Å². The van der Waals surface area contributed by atoms with Gasteiger partial charge in [-0.1, -0.05) is 0 Å². The van der Waals surface area contributed by atoms with Gasteiger partial charge in [0.2, 0.25) is 10.0 Å². The smallest absolute Gasteiger partial charge is 0.229 e. The first-order valence-electron chi connectivity index (χ1n) is 5.35. The molecule has 0 aliphatic carbocycles. The first-order valence-corrected chi connectivity index (χ1v) is 9.68. The number of sulfone groups is 1. The summed E-state index contributed by atoms with van der Waals surface area (Å²) in [5.41, 5.74) is 0. The largest absolute Gasteiger partial charge is 0.244 e. The fraction of sp³-hybridized carbons (Fsp3) is 0.400. The predicted octanol–water partition coefficient (Wildman–Crippen LogP) is 1.44. The topological polar surface area (TPSA) is 80.3 Å². The van der Waals surface area contributed by atoms with Gasteiger partial charge in [-0.25, -0.2) is 30.3 Å². The molecule has 0 saturated heterocycles. The third kappa shape index (κ3) is 5.08. The maximum atomic E-state index is 13.5. The van der Waals surface area contributed by atoms with E-state index in [9.17, 15) is 25.6 Å². The molecule has 0 fully saturated rings. The molecule has 0 aromatic heterocycles. The van der Waals surface area contributed by atoms with Crippen LogP contribution in [0.1, 0.15) is 6.42 Å². The Morgan fingerprint density at radius 1 is 1.20 bits per heavy atom. The van der Waals surface area contributed by atoms with E-state index in [1.54, 1.807) is 0 Å². The Kier molecular flexibility index (Phi) is 5.64. The van der Waals surface area contributed by atoms with Crippen LogP contribution in [0, 0.1) is 11.6 Å². The van der Waals surface area contributed by atoms with Crippen molar-refractivity contribution >= 4 is 35.8 Å². The fourth-order valence-corrected chi connectivity index (χ4v) is 4.30. The molecule has 1 N–H and O–H groups in total. The highest BCUT2D eigenvalue weighted by molar-refractivity contribution is 9.10. The first-order chi connectivity index (χ1) is 9.03. The highest BCUT2D eigenvalue weighted by Gasteiger charge is 2.23. The molecule has 1 aromatic rings. The highest BCUT2D eigenvalue weighted by atomic mass is 79.9. The molecule has 0 bridgehead atoms. The van der Waals surface area contributed by atoms with Crippen LogP contribution in [0.4, 0.5) is 8.78 Å². The van der Waals surface area contributed by atoms with Crippen molar-refractivity contribution in [1.82, 2.24) is 4.72 Å². The summed E-state index contributed by atoms with van der Waals surface area (Å²) in [5, 5.41) is 0. The van der Waals surface area contributed by atoms with Gasteiger partial charge < -0.3 is 0 Å². The van der Waals surface area contributed by atoms with E-state index in [0.29, 0.717) is 6.07 Å². The van der Waals surface area contributed by atoms with Gasteiger partial charge >= 0.3 is 0 Å². The van der Waals surface area contributed by atoms with E-state index in [1.165, 1.54) is 0 Å². The lowest BCUT2D eigenvalue weighted by Crippen LogP contribution is -2.27. The van der Waals surface area contributed by atoms with Crippen molar-refractivity contribution in [3.8, 4) is 0 Å². The van der Waals surface area contributed by atoms with Gasteiger partial charge in [0.05, 0.1) is 5.75 Å². The summed E-state index contributed by atoms with van der Waals surface area (Å²) in [6, 6.07) is 1.28. The maximum absolute atomic E-state index is 13.5. The summed E-state index contributed by atoms with van der Waals surface area (Å²) in [4.78, 5) is -0.710. The van der Waals surface area contributed by atoms with Crippen LogP contribution in [0.5, 0.6) is 0 Å². The Bertz CT molecular complexity index is 681. The van der Waals surface area contributed by atoms with Crippen LogP contribution in [0.15, 0.2) is 21.5 Å². The zero-order valence-corrected chi connectivity index (χ0v) is 13.6. The number of benzene rings is 1. The Hall–Kier alpha value is -0.580. The number of hydrogen-bond donors (Lipinski definition) is 1. The highest BCUT2D eigenvalue weighted by Crippen LogP contribution is 2.25. The molecule has 1 rings (SSSR count). The summed E-state index contributed by atoms with van der Waals surface area (Å²) in [6.07, 6.45) is 1.08. The number of hydrogen-bond acceptors (Lipinski definition) is 4. The number of sulfonamides is 1. The molecular formula is C10H12BrF2NO4S2. The van der Waals surface area contributed by atoms with E-state index in [4.69, 9.17) is 0 Å². The van der Waals surface area contributed by atoms with Crippen molar-refractivity contribution in [3.63, 3.8) is 0 Å². The van der Waals surface area contributed by atoms with Gasteiger partial charge in [-0.05, 0) is 28.4 Å². The van der Waals surface area contributed by atoms with E-state index in [2.05, 4.69) is 20.7 Å². The Labute approximate surface area is 124 Å². The van der Waals surface area contributed by atoms with Crippen LogP contribution < -0.4 is 4.72 Å². The van der Waals surface area contributed by atoms with E-state index in [0.717, 1.165) is 12.3 Å². The molecule has 20 heavy (non-hydrogen) atoms. The number of halogens is 3. The number of nitrogens with one attached hydrogen (secondary N) is 1. The summed E-state index contributed by atoms with van der Waals surface area (Å²) in [6.45, 7) is -0.168. The first kappa shape index (κ1) is 17.5. The standard InChI is InChI=1S/C10H12BrF2NO4S2/c1-19(15,16)4-2-3-14-20(17,18)10-8(11)5-7(12)6-9(10)13/h5-6,14H,2-4H2,1H3. The Morgan fingerprint density at radius 3 is 2.30 bits per heavy atom. The summed E-state index contributed by atoms with van der Waals surface area (Å²) in [5.74, 6) is -2.33. The molecule has 0 amide bonds. The molecule has 0 aliphatic rings. The molecule has 0 radical (unpaired) electrons. The van der Waals surface area contributed by atoms with Gasteiger partial charge in [0, 0.05) is 23.3 Å². The Balaban J connectivity index is 2.85. The molecule has 0 aliphatic heterocycles. The monoisotopic (exact) mass is 391 g/mol. The van der Waals surface area contributed by atoms with Crippen LogP contribution >= 0.6 is 15.9 Å². The van der Waals surface area contributed by atoms with Crippen LogP contribution in [0.2, 0.25) is 0 Å². The molecular weight excluding hydrogens is 380 g/mol. The minimum atomic E-state index is -4.19. The normalized spacial score (nSPS) is 12.6. The van der Waals surface area contributed by atoms with Gasteiger partial charge in [0.1, 0.15) is 26.4 Å². The third-order valence-corrected chi connectivity index (χ3v) is 5.67. The summed E-state index contributed by atoms with van der Waals surface area (Å²) >= 11 is 2.78. The SMILES string of the molecule is CS(=O)(=O)CCCNS(=O)(=O)c1c(F)cc(F)cc1Br. The van der Waals surface area contributed by atoms with E-state index in [1.807, 2.05) is 0 Å². The summed E-state index contributed by atoms with van der Waals surface area (Å²) < 4.78 is 73.7. The molecule has 114 valence electrons. The zero-order valence-electron chi connectivity index (χ0n) is 10.4. The predicted molar refractivity (Wildman–Crippen MR) is 73.6 cm³/mol. The van der Waals surface area contributed by atoms with Crippen LogP contribution in [-0.4, -0.2) is 35.4 Å². The summed E-state index contributed by atoms with van der Waals surface area (Å²) in [7, 11) is -7.39. The van der Waals surface area contributed by atoms with Gasteiger partial charge in [0.25, 0.3) is 0 Å². The van der Waals surface area contributed by atoms with Crippen molar-refractivity contribution < 1.29 is 25.6 Å². The second-order valence-electron chi connectivity index (χ2n) is 4.08. The van der Waals surface area contributed by atoms with E-state index < -0.39 is 36.4 Å². The van der Waals surface area contributed by atoms with Crippen molar-refractivity contribution in [2.24, 2.45) is 0 Å². The van der Waals surface area contributed by atoms with Gasteiger partial charge in [0.15, 0.2) is 0 Å². The van der Waals surface area contributed by atoms with Crippen LogP contribution in [0.3, 0.4) is 0 Å². The van der Waals surface area contributed by atoms with Gasteiger partial charge in [-0.15, -0.1) is 0 Å². The lowest BCUT2D eigenvalue weighted by molar-refractivity contribution is 0.540. The lowest BCUT2D eigenvalue weighted by Gasteiger charge is -2.09. The van der Waals surface area contributed by atoms with Crippen LogP contribution in [0.25, 0.3) is 0 Å². The molecule has 5 nitrogen and oxygen atoms in total. The fourth-order valence-electron chi connectivity index (χ4n) is 1.40. The van der Waals surface area contributed by atoms with Crippen molar-refractivity contribution in [3.05, 3.63) is 28.2 Å². The molecule has 1 aromatic carbocycles. The van der Waals surface area contributed by atoms with E-state index in [-0.39, 0.29) is 23.2 Å². The molecule has 0 unspecified atom stereocenters. The quantitative estimate of drug-likeness (QED) is 0.744. The second-order valence-corrected chi connectivity index (χ2v) is 8.90. The molecule has 0 spiro atoms. The minimum Gasteiger partial charge on any atom is -0.229 e. The minimum absolute atomic E-state index is 0.0541. The molecule has 0 heterocycles. The lowest BCUT2D eigenvalue weighted by atomic mass is 10.3. The van der Waals surface area contributed by atoms with Crippen molar-refractivity contribution in [2.75, 3.05) is 18.6 Å². The second kappa shape index (κ2) is 6.46. The van der Waals surface area contributed by atoms with Crippen LogP contribution in [-0.2, 0) is 19.9 Å². The average Bonchev–Trinajstić information content (AvgIpc) is 2.21. The maximum Gasteiger partial charge on any atom is 0.244 e. The van der Waals surface area contributed by atoms with Gasteiger partial charge in [-0.2, -0.15) is 0 Å². The van der Waals surface area contributed by atoms with Crippen molar-refractivity contribution in [1.29, 1.82) is 0 Å². The van der Waals surface area contributed by atoms with Crippen molar-refractivity contribution in [2.45, 2.75) is 11.3 Å². The molecule has 0 atom stereocenters. The number of rotatable bonds is 6. The Morgan fingerprint density at radius 2 is 1.80 bits per heavy atom. The zero-order chi connectivity index (χ0) is 15.6. The third-order valence-electron chi connectivity index (χ3n) is 2.22. The average molecular weight is 392 g/mol.